The Kier molecular flexibility index (Phi) is 6.21. The Labute approximate surface area is 195 Å². The van der Waals surface area contributed by atoms with Gasteiger partial charge >= 0.3 is 0 Å². The first-order chi connectivity index (χ1) is 15.6. The van der Waals surface area contributed by atoms with Crippen LogP contribution < -0.4 is 16.0 Å². The van der Waals surface area contributed by atoms with E-state index in [0.717, 1.165) is 0 Å². The number of nitrogens with two attached hydrogens (primary N) is 1. The lowest BCUT2D eigenvalue weighted by Gasteiger charge is -2.22. The lowest BCUT2D eigenvalue weighted by Crippen LogP contribution is -2.33. The largest absolute Gasteiger partial charge is 0.492 e. The number of hydrogen-bond donors (Lipinski definition) is 2. The van der Waals surface area contributed by atoms with Crippen molar-refractivity contribution in [1.82, 2.24) is 15.0 Å². The van der Waals surface area contributed by atoms with Crippen LogP contribution in [-0.4, -0.2) is 27.5 Å². The highest BCUT2D eigenvalue weighted by atomic mass is 35.5. The van der Waals surface area contributed by atoms with Crippen molar-refractivity contribution in [3.63, 3.8) is 0 Å². The average Bonchev–Trinajstić information content (AvgIpc) is 3.59. The van der Waals surface area contributed by atoms with E-state index in [9.17, 15) is 14.0 Å². The molecule has 0 atom stereocenters. The molecule has 3 N–H and O–H groups in total. The third-order valence-corrected chi connectivity index (χ3v) is 6.06. The number of carbonyl (C=O) groups excluding carboxylic acids is 1. The zero-order valence-corrected chi connectivity index (χ0v) is 19.1. The molecule has 2 aromatic heterocycles. The van der Waals surface area contributed by atoms with Gasteiger partial charge < -0.3 is 15.5 Å². The molecule has 0 bridgehead atoms. The number of aromatic nitrogens is 3. The van der Waals surface area contributed by atoms with Crippen LogP contribution in [0.3, 0.4) is 0 Å². The normalized spacial score (nSPS) is 13.7. The lowest BCUT2D eigenvalue weighted by molar-refractivity contribution is -0.125. The van der Waals surface area contributed by atoms with E-state index in [4.69, 9.17) is 22.1 Å². The van der Waals surface area contributed by atoms with E-state index in [1.165, 1.54) is 31.0 Å². The fourth-order valence-electron chi connectivity index (χ4n) is 3.34. The second kappa shape index (κ2) is 8.94. The van der Waals surface area contributed by atoms with Gasteiger partial charge in [0.05, 0.1) is 34.8 Å². The molecule has 4 rings (SSSR count). The van der Waals surface area contributed by atoms with Gasteiger partial charge in [-0.15, -0.1) is 0 Å². The monoisotopic (exact) mass is 470 g/mol. The van der Waals surface area contributed by atoms with Crippen molar-refractivity contribution in [3.05, 3.63) is 63.3 Å². The Hall–Kier alpha value is -3.26. The zero-order chi connectivity index (χ0) is 23.8. The molecular weight excluding hydrogens is 447 g/mol. The molecule has 9 heteroatoms. The highest BCUT2D eigenvalue weighted by molar-refractivity contribution is 6.34. The molecule has 1 aliphatic carbocycles. The molecule has 33 heavy (non-hydrogen) atoms. The Balaban J connectivity index is 1.68. The van der Waals surface area contributed by atoms with Crippen molar-refractivity contribution in [2.24, 2.45) is 17.1 Å². The van der Waals surface area contributed by atoms with Crippen LogP contribution in [0.5, 0.6) is 5.75 Å². The summed E-state index contributed by atoms with van der Waals surface area (Å²) in [5.74, 6) is 0.0565. The molecule has 1 aliphatic rings. The van der Waals surface area contributed by atoms with E-state index in [1.54, 1.807) is 32.2 Å². The summed E-state index contributed by atoms with van der Waals surface area (Å²) in [5.41, 5.74) is 5.25. The van der Waals surface area contributed by atoms with Gasteiger partial charge in [-0.1, -0.05) is 31.5 Å². The number of aromatic amines is 1. The molecule has 0 spiro atoms. The highest BCUT2D eigenvalue weighted by Crippen LogP contribution is 2.35. The van der Waals surface area contributed by atoms with E-state index in [1.807, 2.05) is 0 Å². The van der Waals surface area contributed by atoms with E-state index in [0.29, 0.717) is 29.5 Å². The second-order valence-electron chi connectivity index (χ2n) is 8.93. The molecule has 2 heterocycles. The highest BCUT2D eigenvalue weighted by Gasteiger charge is 2.28. The molecule has 1 amide bonds. The van der Waals surface area contributed by atoms with Crippen LogP contribution >= 0.6 is 11.6 Å². The fourth-order valence-corrected chi connectivity index (χ4v) is 3.65. The van der Waals surface area contributed by atoms with Crippen LogP contribution in [0.2, 0.25) is 5.02 Å². The summed E-state index contributed by atoms with van der Waals surface area (Å²) >= 11 is 6.51. The number of amides is 1. The third-order valence-electron chi connectivity index (χ3n) is 5.63. The van der Waals surface area contributed by atoms with Crippen LogP contribution in [0, 0.1) is 17.2 Å². The number of hydrogen-bond acceptors (Lipinski definition) is 5. The molecule has 7 nitrogen and oxygen atoms in total. The molecule has 0 radical (unpaired) electrons. The SMILES string of the molecule is CC(C)(Cc1ccc(F)c(-c2nc(-c3ccc(OCC4CC4)cn3)cc(=O)[nH]2)c1Cl)C(N)=O. The van der Waals surface area contributed by atoms with Crippen LogP contribution in [0.25, 0.3) is 22.8 Å². The zero-order valence-electron chi connectivity index (χ0n) is 18.3. The van der Waals surface area contributed by atoms with Gasteiger partial charge in [-0.05, 0) is 48.9 Å². The summed E-state index contributed by atoms with van der Waals surface area (Å²) in [6.07, 6.45) is 4.14. The van der Waals surface area contributed by atoms with Crippen LogP contribution in [0.15, 0.2) is 41.3 Å². The van der Waals surface area contributed by atoms with Crippen molar-refractivity contribution < 1.29 is 13.9 Å². The number of nitrogens with one attached hydrogen (secondary N) is 1. The van der Waals surface area contributed by atoms with E-state index < -0.39 is 22.7 Å². The molecule has 0 aliphatic heterocycles. The first-order valence-electron chi connectivity index (χ1n) is 10.6. The number of carbonyl (C=O) groups is 1. The quantitative estimate of drug-likeness (QED) is 0.514. The van der Waals surface area contributed by atoms with Crippen molar-refractivity contribution in [3.8, 4) is 28.5 Å². The Morgan fingerprint density at radius 1 is 1.27 bits per heavy atom. The maximum atomic E-state index is 14.8. The predicted octanol–water partition coefficient (Wildman–Crippen LogP) is 4.13. The number of primary amides is 1. The third kappa shape index (κ3) is 5.22. The minimum absolute atomic E-state index is 0.0328. The first-order valence-corrected chi connectivity index (χ1v) is 11.0. The molecular formula is C24H24ClFN4O3. The van der Waals surface area contributed by atoms with E-state index in [2.05, 4.69) is 15.0 Å². The minimum atomic E-state index is -0.894. The van der Waals surface area contributed by atoms with E-state index in [-0.39, 0.29) is 28.5 Å². The van der Waals surface area contributed by atoms with Crippen molar-refractivity contribution in [2.45, 2.75) is 33.1 Å². The van der Waals surface area contributed by atoms with E-state index >= 15 is 0 Å². The number of halogens is 2. The molecule has 0 saturated heterocycles. The minimum Gasteiger partial charge on any atom is -0.492 e. The van der Waals surface area contributed by atoms with Gasteiger partial charge in [-0.25, -0.2) is 9.37 Å². The van der Waals surface area contributed by atoms with Gasteiger partial charge in [-0.2, -0.15) is 0 Å². The summed E-state index contributed by atoms with van der Waals surface area (Å²) in [4.78, 5) is 35.4. The molecule has 0 unspecified atom stereocenters. The van der Waals surface area contributed by atoms with Gasteiger partial charge in [0.15, 0.2) is 0 Å². The molecule has 3 aromatic rings. The molecule has 1 saturated carbocycles. The van der Waals surface area contributed by atoms with Gasteiger partial charge in [-0.3, -0.25) is 14.6 Å². The predicted molar refractivity (Wildman–Crippen MR) is 123 cm³/mol. The summed E-state index contributed by atoms with van der Waals surface area (Å²) in [7, 11) is 0. The molecule has 1 aromatic carbocycles. The Morgan fingerprint density at radius 2 is 2.03 bits per heavy atom. The van der Waals surface area contributed by atoms with Crippen molar-refractivity contribution >= 4 is 17.5 Å². The number of H-pyrrole nitrogens is 1. The number of pyridine rings is 1. The van der Waals surface area contributed by atoms with Crippen LogP contribution in [0.4, 0.5) is 4.39 Å². The summed E-state index contributed by atoms with van der Waals surface area (Å²) in [6.45, 7) is 4.02. The van der Waals surface area contributed by atoms with Crippen molar-refractivity contribution in [2.75, 3.05) is 6.61 Å². The maximum Gasteiger partial charge on any atom is 0.251 e. The van der Waals surface area contributed by atoms with Gasteiger partial charge in [0.1, 0.15) is 17.4 Å². The topological polar surface area (TPSA) is 111 Å². The van der Waals surface area contributed by atoms with Gasteiger partial charge in [0.2, 0.25) is 5.91 Å². The Bertz CT molecular complexity index is 1250. The molecule has 1 fully saturated rings. The number of rotatable bonds is 8. The maximum absolute atomic E-state index is 14.8. The summed E-state index contributed by atoms with van der Waals surface area (Å²) in [6, 6.07) is 7.45. The lowest BCUT2D eigenvalue weighted by atomic mass is 9.84. The summed E-state index contributed by atoms with van der Waals surface area (Å²) in [5, 5.41) is 0.0569. The van der Waals surface area contributed by atoms with Gasteiger partial charge in [0, 0.05) is 11.5 Å². The number of ether oxygens (including phenoxy) is 1. The van der Waals surface area contributed by atoms with Gasteiger partial charge in [0.25, 0.3) is 5.56 Å². The molecule has 172 valence electrons. The fraction of sp³-hybridized carbons (Fsp3) is 0.333. The number of benzene rings is 1. The standard InChI is InChI=1S/C24H24ClFN4O3/c1-24(2,23(27)32)10-14-5-7-16(26)20(21(14)25)22-29-18(9-19(31)30-22)17-8-6-15(11-28-17)33-12-13-3-4-13/h5-9,11,13H,3-4,10,12H2,1-2H3,(H2,27,32)(H,29,30,31). The Morgan fingerprint density at radius 3 is 2.67 bits per heavy atom. The summed E-state index contributed by atoms with van der Waals surface area (Å²) < 4.78 is 20.5. The van der Waals surface area contributed by atoms with Crippen LogP contribution in [0.1, 0.15) is 32.3 Å². The van der Waals surface area contributed by atoms with Crippen LogP contribution in [-0.2, 0) is 11.2 Å². The number of nitrogens with zero attached hydrogens (tertiary/aromatic N) is 2. The average molecular weight is 471 g/mol. The second-order valence-corrected chi connectivity index (χ2v) is 9.31. The smallest absolute Gasteiger partial charge is 0.251 e. The van der Waals surface area contributed by atoms with Crippen molar-refractivity contribution in [1.29, 1.82) is 0 Å². The first kappa shape index (κ1) is 22.9.